The van der Waals surface area contributed by atoms with Crippen LogP contribution < -0.4 is 23.8 Å². The molecule has 9 heteroatoms. The van der Waals surface area contributed by atoms with Gasteiger partial charge >= 0.3 is 0 Å². The van der Waals surface area contributed by atoms with Crippen molar-refractivity contribution in [1.82, 2.24) is 5.32 Å². The van der Waals surface area contributed by atoms with E-state index in [0.29, 0.717) is 30.9 Å². The van der Waals surface area contributed by atoms with Crippen molar-refractivity contribution >= 4 is 21.6 Å². The predicted octanol–water partition coefficient (Wildman–Crippen LogP) is 3.66. The van der Waals surface area contributed by atoms with Gasteiger partial charge in [-0.2, -0.15) is 0 Å². The minimum absolute atomic E-state index is 0.0354. The molecule has 0 radical (unpaired) electrons. The van der Waals surface area contributed by atoms with Gasteiger partial charge in [0.1, 0.15) is 23.8 Å². The highest BCUT2D eigenvalue weighted by atomic mass is 32.2. The van der Waals surface area contributed by atoms with Crippen LogP contribution in [0.2, 0.25) is 0 Å². The van der Waals surface area contributed by atoms with Gasteiger partial charge in [-0.15, -0.1) is 0 Å². The van der Waals surface area contributed by atoms with Crippen LogP contribution >= 0.6 is 0 Å². The van der Waals surface area contributed by atoms with E-state index in [1.807, 2.05) is 24.3 Å². The first-order valence-corrected chi connectivity index (χ1v) is 12.5. The summed E-state index contributed by atoms with van der Waals surface area (Å²) in [6.45, 7) is -0.0113. The molecule has 0 spiro atoms. The van der Waals surface area contributed by atoms with Gasteiger partial charge in [0, 0.05) is 6.54 Å². The molecule has 1 amide bonds. The summed E-state index contributed by atoms with van der Waals surface area (Å²) >= 11 is 0. The van der Waals surface area contributed by atoms with Crippen LogP contribution in [0.25, 0.3) is 0 Å². The molecule has 3 aromatic carbocycles. The number of nitrogens with one attached hydrogen (secondary N) is 1. The zero-order valence-electron chi connectivity index (χ0n) is 20.1. The van der Waals surface area contributed by atoms with Crippen molar-refractivity contribution in [1.29, 1.82) is 0 Å². The fraction of sp³-hybridized carbons (Fsp3) is 0.269. The molecule has 0 atom stereocenters. The van der Waals surface area contributed by atoms with E-state index in [4.69, 9.17) is 14.2 Å². The number of carbonyl (C=O) groups is 1. The van der Waals surface area contributed by atoms with Crippen molar-refractivity contribution < 1.29 is 27.4 Å². The Balaban J connectivity index is 1.76. The molecule has 3 aromatic rings. The number of ether oxygens (including phenoxy) is 3. The maximum Gasteiger partial charge on any atom is 0.264 e. The third kappa shape index (κ3) is 6.45. The Morgan fingerprint density at radius 2 is 1.46 bits per heavy atom. The minimum atomic E-state index is -4.07. The van der Waals surface area contributed by atoms with Gasteiger partial charge in [0.2, 0.25) is 5.91 Å². The van der Waals surface area contributed by atoms with Gasteiger partial charge in [0.05, 0.1) is 31.9 Å². The average molecular weight is 499 g/mol. The largest absolute Gasteiger partial charge is 0.497 e. The molecule has 0 fully saturated rings. The van der Waals surface area contributed by atoms with Crippen LogP contribution in [0, 0.1) is 0 Å². The van der Waals surface area contributed by atoms with Crippen molar-refractivity contribution in [3.63, 3.8) is 0 Å². The molecule has 35 heavy (non-hydrogen) atoms. The maximum atomic E-state index is 13.6. The van der Waals surface area contributed by atoms with Gasteiger partial charge in [-0.25, -0.2) is 8.42 Å². The summed E-state index contributed by atoms with van der Waals surface area (Å²) in [4.78, 5) is 12.9. The standard InChI is InChI=1S/C26H30N2O6S/c1-32-21-14-16-22(17-15-21)35(30,31)28(23-11-5-7-13-25(23)34-3)19-26(29)27-18-8-10-20-9-4-6-12-24(20)33-2/h4-7,9,11-17H,8,10,18-19H2,1-3H3,(H,27,29). The summed E-state index contributed by atoms with van der Waals surface area (Å²) < 4.78 is 44.0. The van der Waals surface area contributed by atoms with E-state index < -0.39 is 22.5 Å². The highest BCUT2D eigenvalue weighted by Gasteiger charge is 2.29. The number of hydrogen-bond donors (Lipinski definition) is 1. The van der Waals surface area contributed by atoms with Gasteiger partial charge in [-0.1, -0.05) is 30.3 Å². The zero-order chi connectivity index (χ0) is 25.3. The fourth-order valence-electron chi connectivity index (χ4n) is 3.61. The van der Waals surface area contributed by atoms with Crippen LogP contribution in [-0.2, 0) is 21.2 Å². The molecule has 0 aromatic heterocycles. The van der Waals surface area contributed by atoms with Crippen LogP contribution in [0.1, 0.15) is 12.0 Å². The molecule has 0 unspecified atom stereocenters. The minimum Gasteiger partial charge on any atom is -0.497 e. The second kappa shape index (κ2) is 12.1. The third-order valence-electron chi connectivity index (χ3n) is 5.43. The van der Waals surface area contributed by atoms with Crippen LogP contribution in [0.15, 0.2) is 77.7 Å². The number of aryl methyl sites for hydroxylation is 1. The first kappa shape index (κ1) is 25.9. The molecule has 0 aliphatic heterocycles. The van der Waals surface area contributed by atoms with Crippen molar-refractivity contribution in [2.45, 2.75) is 17.7 Å². The average Bonchev–Trinajstić information content (AvgIpc) is 2.89. The quantitative estimate of drug-likeness (QED) is 0.383. The number of anilines is 1. The molecule has 0 aliphatic rings. The lowest BCUT2D eigenvalue weighted by molar-refractivity contribution is -0.119. The molecule has 0 heterocycles. The van der Waals surface area contributed by atoms with Gasteiger partial charge in [0.25, 0.3) is 10.0 Å². The molecule has 0 bridgehead atoms. The van der Waals surface area contributed by atoms with Crippen molar-refractivity contribution in [2.75, 3.05) is 38.7 Å². The molecule has 8 nitrogen and oxygen atoms in total. The molecule has 0 saturated carbocycles. The molecule has 1 N–H and O–H groups in total. The topological polar surface area (TPSA) is 94.2 Å². The van der Waals surface area contributed by atoms with E-state index in [9.17, 15) is 13.2 Å². The van der Waals surface area contributed by atoms with Gasteiger partial charge in [-0.3, -0.25) is 9.10 Å². The Labute approximate surface area is 206 Å². The molecule has 0 aliphatic carbocycles. The first-order valence-electron chi connectivity index (χ1n) is 11.1. The lowest BCUT2D eigenvalue weighted by atomic mass is 10.1. The molecule has 186 valence electrons. The number of benzene rings is 3. The first-order chi connectivity index (χ1) is 16.9. The normalized spacial score (nSPS) is 10.9. The number of methoxy groups -OCH3 is 3. The molecular weight excluding hydrogens is 468 g/mol. The fourth-order valence-corrected chi connectivity index (χ4v) is 5.04. The highest BCUT2D eigenvalue weighted by molar-refractivity contribution is 7.92. The van der Waals surface area contributed by atoms with Crippen LogP contribution in [-0.4, -0.2) is 48.7 Å². The summed E-state index contributed by atoms with van der Waals surface area (Å²) in [5.74, 6) is 1.24. The van der Waals surface area contributed by atoms with E-state index in [0.717, 1.165) is 15.6 Å². The van der Waals surface area contributed by atoms with Crippen LogP contribution in [0.5, 0.6) is 17.2 Å². The second-order valence-corrected chi connectivity index (χ2v) is 9.49. The summed E-state index contributed by atoms with van der Waals surface area (Å²) in [6.07, 6.45) is 1.39. The Kier molecular flexibility index (Phi) is 8.97. The van der Waals surface area contributed by atoms with Crippen molar-refractivity contribution in [3.05, 3.63) is 78.4 Å². The summed E-state index contributed by atoms with van der Waals surface area (Å²) in [6, 6.07) is 20.4. The number of carbonyl (C=O) groups excluding carboxylic acids is 1. The van der Waals surface area contributed by atoms with E-state index in [-0.39, 0.29) is 10.6 Å². The Morgan fingerprint density at radius 1 is 0.829 bits per heavy atom. The Morgan fingerprint density at radius 3 is 2.11 bits per heavy atom. The predicted molar refractivity (Wildman–Crippen MR) is 135 cm³/mol. The third-order valence-corrected chi connectivity index (χ3v) is 7.20. The Bertz CT molecular complexity index is 1230. The molecule has 0 saturated heterocycles. The number of hydrogen-bond acceptors (Lipinski definition) is 6. The van der Waals surface area contributed by atoms with Crippen LogP contribution in [0.3, 0.4) is 0 Å². The maximum absolute atomic E-state index is 13.6. The number of para-hydroxylation sites is 3. The lowest BCUT2D eigenvalue weighted by Gasteiger charge is -2.25. The SMILES string of the molecule is COc1ccc(S(=O)(=O)N(CC(=O)NCCCc2ccccc2OC)c2ccccc2OC)cc1. The number of nitrogens with zero attached hydrogens (tertiary/aromatic N) is 1. The van der Waals surface area contributed by atoms with E-state index >= 15 is 0 Å². The molecule has 3 rings (SSSR count). The number of rotatable bonds is 12. The lowest BCUT2D eigenvalue weighted by Crippen LogP contribution is -2.41. The van der Waals surface area contributed by atoms with Gasteiger partial charge in [-0.05, 0) is 60.9 Å². The zero-order valence-corrected chi connectivity index (χ0v) is 20.9. The van der Waals surface area contributed by atoms with E-state index in [2.05, 4.69) is 5.32 Å². The Hall–Kier alpha value is -3.72. The van der Waals surface area contributed by atoms with Crippen molar-refractivity contribution in [2.24, 2.45) is 0 Å². The van der Waals surface area contributed by atoms with E-state index in [1.165, 1.54) is 26.4 Å². The van der Waals surface area contributed by atoms with Gasteiger partial charge < -0.3 is 19.5 Å². The monoisotopic (exact) mass is 498 g/mol. The highest BCUT2D eigenvalue weighted by Crippen LogP contribution is 2.32. The summed E-state index contributed by atoms with van der Waals surface area (Å²) in [5, 5.41) is 2.82. The van der Waals surface area contributed by atoms with E-state index in [1.54, 1.807) is 43.5 Å². The van der Waals surface area contributed by atoms with Crippen molar-refractivity contribution in [3.8, 4) is 17.2 Å². The van der Waals surface area contributed by atoms with Crippen LogP contribution in [0.4, 0.5) is 5.69 Å². The summed E-state index contributed by atoms with van der Waals surface area (Å²) in [7, 11) is 0.509. The number of sulfonamides is 1. The smallest absolute Gasteiger partial charge is 0.264 e. The second-order valence-electron chi connectivity index (χ2n) is 7.62. The number of amides is 1. The van der Waals surface area contributed by atoms with Gasteiger partial charge in [0.15, 0.2) is 0 Å². The summed E-state index contributed by atoms with van der Waals surface area (Å²) in [5.41, 5.74) is 1.32. The molecular formula is C26H30N2O6S.